The number of aromatic nitrogens is 3. The maximum Gasteiger partial charge on any atom is 0.309 e. The summed E-state index contributed by atoms with van der Waals surface area (Å²) in [5.41, 5.74) is 0. The minimum Gasteiger partial charge on any atom is -0.492 e. The molecule has 3 aromatic rings. The number of esters is 1. The minimum atomic E-state index is -0.235. The molecule has 138 valence electrons. The fraction of sp³-hybridized carbons (Fsp3) is 0.471. The normalized spacial score (nSPS) is 17.6. The zero-order valence-corrected chi connectivity index (χ0v) is 15.2. The third kappa shape index (κ3) is 2.97. The average Bonchev–Trinajstić information content (AvgIpc) is 3.37. The van der Waals surface area contributed by atoms with Gasteiger partial charge >= 0.3 is 5.97 Å². The van der Waals surface area contributed by atoms with Crippen molar-refractivity contribution in [1.29, 1.82) is 0 Å². The highest BCUT2D eigenvalue weighted by Crippen LogP contribution is 2.41. The van der Waals surface area contributed by atoms with Crippen LogP contribution in [-0.4, -0.2) is 50.3 Å². The average molecular weight is 376 g/mol. The van der Waals surface area contributed by atoms with Crippen LogP contribution >= 0.6 is 11.3 Å². The maximum absolute atomic E-state index is 12.0. The lowest BCUT2D eigenvalue weighted by atomic mass is 9.95. The summed E-state index contributed by atoms with van der Waals surface area (Å²) in [6, 6.07) is 3.50. The van der Waals surface area contributed by atoms with E-state index in [2.05, 4.69) is 15.0 Å². The molecule has 0 aromatic carbocycles. The molecule has 1 saturated heterocycles. The van der Waals surface area contributed by atoms with E-state index in [4.69, 9.17) is 9.15 Å². The van der Waals surface area contributed by atoms with Crippen LogP contribution in [-0.2, 0) is 9.53 Å². The zero-order chi connectivity index (χ0) is 18.1. The van der Waals surface area contributed by atoms with Crippen LogP contribution in [0.1, 0.15) is 36.4 Å². The second kappa shape index (κ2) is 7.08. The number of thiazole rings is 1. The van der Waals surface area contributed by atoms with Crippen molar-refractivity contribution in [1.82, 2.24) is 19.5 Å². The van der Waals surface area contributed by atoms with E-state index < -0.39 is 0 Å². The van der Waals surface area contributed by atoms with Crippen LogP contribution < -0.4 is 0 Å². The molecule has 0 amide bonds. The van der Waals surface area contributed by atoms with Gasteiger partial charge in [-0.25, -0.2) is 4.98 Å². The molecule has 1 fully saturated rings. The van der Waals surface area contributed by atoms with Crippen molar-refractivity contribution in [2.45, 2.75) is 25.8 Å². The van der Waals surface area contributed by atoms with Gasteiger partial charge in [0.15, 0.2) is 0 Å². The van der Waals surface area contributed by atoms with E-state index in [0.717, 1.165) is 23.5 Å². The van der Waals surface area contributed by atoms with Gasteiger partial charge in [-0.3, -0.25) is 9.69 Å². The van der Waals surface area contributed by atoms with Gasteiger partial charge in [0, 0.05) is 13.1 Å². The van der Waals surface area contributed by atoms with E-state index >= 15 is 0 Å². The quantitative estimate of drug-likeness (QED) is 0.684. The lowest BCUT2D eigenvalue weighted by Crippen LogP contribution is -2.39. The van der Waals surface area contributed by atoms with E-state index in [9.17, 15) is 9.90 Å². The van der Waals surface area contributed by atoms with Crippen LogP contribution in [0.2, 0.25) is 0 Å². The van der Waals surface area contributed by atoms with Crippen molar-refractivity contribution in [2.24, 2.45) is 5.92 Å². The van der Waals surface area contributed by atoms with E-state index in [1.165, 1.54) is 22.2 Å². The van der Waals surface area contributed by atoms with E-state index in [0.29, 0.717) is 24.7 Å². The van der Waals surface area contributed by atoms with Crippen LogP contribution in [0.3, 0.4) is 0 Å². The van der Waals surface area contributed by atoms with Gasteiger partial charge in [0.1, 0.15) is 18.1 Å². The summed E-state index contributed by atoms with van der Waals surface area (Å²) in [5, 5.41) is 14.7. The highest BCUT2D eigenvalue weighted by Gasteiger charge is 2.35. The smallest absolute Gasteiger partial charge is 0.309 e. The summed E-state index contributed by atoms with van der Waals surface area (Å²) in [6.07, 6.45) is 4.49. The highest BCUT2D eigenvalue weighted by molar-refractivity contribution is 7.17. The number of ether oxygens (including phenoxy) is 1. The Morgan fingerprint density at radius 1 is 1.50 bits per heavy atom. The molecule has 1 N–H and O–H groups in total. The Balaban J connectivity index is 1.60. The Kier molecular flexibility index (Phi) is 4.64. The summed E-state index contributed by atoms with van der Waals surface area (Å²) in [4.78, 5) is 19.8. The number of aromatic hydroxyl groups is 1. The molecule has 0 aliphatic carbocycles. The number of furan rings is 1. The number of rotatable bonds is 5. The lowest BCUT2D eigenvalue weighted by molar-refractivity contribution is -0.149. The van der Waals surface area contributed by atoms with Crippen molar-refractivity contribution >= 4 is 22.3 Å². The zero-order valence-electron chi connectivity index (χ0n) is 14.4. The van der Waals surface area contributed by atoms with Crippen molar-refractivity contribution in [3.8, 4) is 5.88 Å². The molecule has 4 rings (SSSR count). The Morgan fingerprint density at radius 2 is 2.31 bits per heavy atom. The van der Waals surface area contributed by atoms with E-state index in [-0.39, 0.29) is 23.8 Å². The standard InChI is InChI=1S/C17H20N4O4S/c1-2-24-16(23)11-5-7-20(8-6-11)13(12-4-3-9-25-12)14-15(22)21-17(26-14)18-10-19-21/h3-4,9-11,13,22H,2,5-8H2,1H3/t13-/m1/s1. The monoisotopic (exact) mass is 376 g/mol. The fourth-order valence-corrected chi connectivity index (χ4v) is 4.52. The second-order valence-electron chi connectivity index (χ2n) is 6.22. The molecule has 8 nitrogen and oxygen atoms in total. The van der Waals surface area contributed by atoms with E-state index in [1.807, 2.05) is 19.1 Å². The van der Waals surface area contributed by atoms with Crippen molar-refractivity contribution in [3.05, 3.63) is 35.4 Å². The number of hydrogen-bond acceptors (Lipinski definition) is 8. The largest absolute Gasteiger partial charge is 0.492 e. The first kappa shape index (κ1) is 17.0. The third-order valence-electron chi connectivity index (χ3n) is 4.71. The Bertz CT molecular complexity index is 880. The molecular formula is C17H20N4O4S. The molecule has 3 aromatic heterocycles. The molecule has 1 aliphatic rings. The van der Waals surface area contributed by atoms with Crippen LogP contribution in [0, 0.1) is 5.92 Å². The molecule has 0 radical (unpaired) electrons. The van der Waals surface area contributed by atoms with Gasteiger partial charge < -0.3 is 14.3 Å². The van der Waals surface area contributed by atoms with Gasteiger partial charge in [-0.05, 0) is 31.9 Å². The number of carbonyl (C=O) groups excluding carboxylic acids is 1. The minimum absolute atomic E-state index is 0.0700. The Hall–Kier alpha value is -2.39. The van der Waals surface area contributed by atoms with Crippen LogP contribution in [0.25, 0.3) is 4.96 Å². The van der Waals surface area contributed by atoms with Crippen LogP contribution in [0.4, 0.5) is 0 Å². The third-order valence-corrected chi connectivity index (χ3v) is 5.80. The molecule has 1 atom stereocenters. The predicted octanol–water partition coefficient (Wildman–Crippen LogP) is 2.45. The Labute approximate surface area is 154 Å². The van der Waals surface area contributed by atoms with Gasteiger partial charge in [-0.15, -0.1) is 0 Å². The summed E-state index contributed by atoms with van der Waals surface area (Å²) >= 11 is 1.39. The molecule has 4 heterocycles. The summed E-state index contributed by atoms with van der Waals surface area (Å²) in [6.45, 7) is 3.65. The first-order valence-electron chi connectivity index (χ1n) is 8.64. The number of likely N-dealkylation sites (tertiary alicyclic amines) is 1. The maximum atomic E-state index is 12.0. The predicted molar refractivity (Wildman–Crippen MR) is 94.0 cm³/mol. The molecule has 0 unspecified atom stereocenters. The van der Waals surface area contributed by atoms with Gasteiger partial charge in [-0.2, -0.15) is 9.61 Å². The highest BCUT2D eigenvalue weighted by atomic mass is 32.1. The molecular weight excluding hydrogens is 356 g/mol. The molecule has 0 bridgehead atoms. The van der Waals surface area contributed by atoms with Crippen molar-refractivity contribution < 1.29 is 19.1 Å². The second-order valence-corrected chi connectivity index (χ2v) is 7.23. The molecule has 1 aliphatic heterocycles. The SMILES string of the molecule is CCOC(=O)C1CCN([C@H](c2ccco2)c2sc3ncnn3c2O)CC1. The first-order valence-corrected chi connectivity index (χ1v) is 9.46. The summed E-state index contributed by atoms with van der Waals surface area (Å²) in [5.74, 6) is 0.638. The Morgan fingerprint density at radius 3 is 2.96 bits per heavy atom. The van der Waals surface area contributed by atoms with Gasteiger partial charge in [-0.1, -0.05) is 11.3 Å². The topological polar surface area (TPSA) is 93.1 Å². The summed E-state index contributed by atoms with van der Waals surface area (Å²) < 4.78 is 12.2. The van der Waals surface area contributed by atoms with Crippen LogP contribution in [0.5, 0.6) is 5.88 Å². The van der Waals surface area contributed by atoms with Gasteiger partial charge in [0.05, 0.1) is 23.7 Å². The number of fused-ring (bicyclic) bond motifs is 1. The summed E-state index contributed by atoms with van der Waals surface area (Å²) in [7, 11) is 0. The number of hydrogen-bond donors (Lipinski definition) is 1. The molecule has 26 heavy (non-hydrogen) atoms. The number of nitrogens with zero attached hydrogens (tertiary/aromatic N) is 4. The van der Waals surface area contributed by atoms with E-state index in [1.54, 1.807) is 6.26 Å². The van der Waals surface area contributed by atoms with Crippen molar-refractivity contribution in [3.63, 3.8) is 0 Å². The molecule has 0 saturated carbocycles. The van der Waals surface area contributed by atoms with Gasteiger partial charge in [0.25, 0.3) is 0 Å². The molecule has 9 heteroatoms. The number of piperidine rings is 1. The first-order chi connectivity index (χ1) is 12.7. The number of carbonyl (C=O) groups is 1. The molecule has 0 spiro atoms. The fourth-order valence-electron chi connectivity index (χ4n) is 3.45. The van der Waals surface area contributed by atoms with Crippen LogP contribution in [0.15, 0.2) is 29.1 Å². The van der Waals surface area contributed by atoms with Gasteiger partial charge in [0.2, 0.25) is 10.8 Å². The lowest BCUT2D eigenvalue weighted by Gasteiger charge is -2.35. The van der Waals surface area contributed by atoms with Crippen molar-refractivity contribution in [2.75, 3.05) is 19.7 Å².